The molecule has 208 valence electrons. The number of benzene rings is 1. The molecular formula is C28H25ClFIN4O4S. The van der Waals surface area contributed by atoms with E-state index in [2.05, 4.69) is 38.1 Å². The summed E-state index contributed by atoms with van der Waals surface area (Å²) in [6.45, 7) is 3.71. The fourth-order valence-electron chi connectivity index (χ4n) is 4.80. The van der Waals surface area contributed by atoms with Gasteiger partial charge >= 0.3 is 5.97 Å². The van der Waals surface area contributed by atoms with Crippen molar-refractivity contribution in [2.24, 2.45) is 0 Å². The summed E-state index contributed by atoms with van der Waals surface area (Å²) in [5.74, 6) is 0.0521. The fraction of sp³-hybridized carbons (Fsp3) is 0.321. The van der Waals surface area contributed by atoms with Crippen molar-refractivity contribution < 1.29 is 23.8 Å². The van der Waals surface area contributed by atoms with Crippen LogP contribution in [0.3, 0.4) is 0 Å². The number of aromatic nitrogens is 3. The summed E-state index contributed by atoms with van der Waals surface area (Å²) in [5.41, 5.74) is 3.25. The number of pyridine rings is 1. The molecule has 5 heterocycles. The van der Waals surface area contributed by atoms with Gasteiger partial charge in [0.15, 0.2) is 0 Å². The molecule has 3 aromatic heterocycles. The topological polar surface area (TPSA) is 89.7 Å². The first-order valence-corrected chi connectivity index (χ1v) is 15.1. The van der Waals surface area contributed by atoms with Crippen LogP contribution in [0, 0.1) is 9.39 Å². The molecule has 1 unspecified atom stereocenters. The normalized spacial score (nSPS) is 17.6. The molecule has 1 fully saturated rings. The van der Waals surface area contributed by atoms with E-state index >= 15 is 0 Å². The summed E-state index contributed by atoms with van der Waals surface area (Å²) < 4.78 is 28.7. The monoisotopic (exact) mass is 694 g/mol. The molecule has 0 radical (unpaired) electrons. The van der Waals surface area contributed by atoms with Gasteiger partial charge in [-0.25, -0.2) is 19.2 Å². The van der Waals surface area contributed by atoms with E-state index in [9.17, 15) is 14.3 Å². The zero-order valence-corrected chi connectivity index (χ0v) is 25.0. The van der Waals surface area contributed by atoms with E-state index in [1.54, 1.807) is 18.2 Å². The Kier molecular flexibility index (Phi) is 8.09. The number of carboxylic acid groups (broad SMARTS) is 1. The van der Waals surface area contributed by atoms with Gasteiger partial charge in [0.2, 0.25) is 5.88 Å². The van der Waals surface area contributed by atoms with Crippen LogP contribution in [0.1, 0.15) is 39.6 Å². The minimum Gasteiger partial charge on any atom is -0.477 e. The standard InChI is InChI=1S/C28H25ClFIN4O4S/c29-18-2-1-17(20(30)11-18)15-39-26-21(31)3-4-22(32-26)16-5-8-34(9-6-16)14-25-33-27-23(12-24(40-27)28(36)37)35(25)13-19-7-10-38-19/h1-5,11-12,19H,6-10,13-15H2,(H,36,37). The second kappa shape index (κ2) is 11.7. The lowest BCUT2D eigenvalue weighted by Gasteiger charge is -2.29. The van der Waals surface area contributed by atoms with Crippen LogP contribution < -0.4 is 4.74 Å². The molecule has 0 amide bonds. The maximum Gasteiger partial charge on any atom is 0.346 e. The van der Waals surface area contributed by atoms with Crippen molar-refractivity contribution in [3.8, 4) is 5.88 Å². The number of thiophene rings is 1. The lowest BCUT2D eigenvalue weighted by atomic mass is 10.0. The van der Waals surface area contributed by atoms with Crippen LogP contribution in [0.25, 0.3) is 15.9 Å². The molecule has 0 saturated carbocycles. The van der Waals surface area contributed by atoms with E-state index in [1.165, 1.54) is 17.4 Å². The van der Waals surface area contributed by atoms with Gasteiger partial charge in [-0.2, -0.15) is 0 Å². The van der Waals surface area contributed by atoms with Gasteiger partial charge in [-0.05, 0) is 71.3 Å². The first-order valence-electron chi connectivity index (χ1n) is 12.8. The summed E-state index contributed by atoms with van der Waals surface area (Å²) in [6, 6.07) is 10.2. The van der Waals surface area contributed by atoms with E-state index in [4.69, 9.17) is 31.0 Å². The number of imidazole rings is 1. The Morgan fingerprint density at radius 3 is 2.83 bits per heavy atom. The summed E-state index contributed by atoms with van der Waals surface area (Å²) in [4.78, 5) is 24.4. The third kappa shape index (κ3) is 5.89. The lowest BCUT2D eigenvalue weighted by Crippen LogP contribution is -2.33. The van der Waals surface area contributed by atoms with Crippen molar-refractivity contribution in [1.29, 1.82) is 0 Å². The highest BCUT2D eigenvalue weighted by molar-refractivity contribution is 14.1. The van der Waals surface area contributed by atoms with E-state index in [-0.39, 0.29) is 12.7 Å². The van der Waals surface area contributed by atoms with Gasteiger partial charge in [0.1, 0.15) is 28.0 Å². The molecule has 0 spiro atoms. The van der Waals surface area contributed by atoms with Crippen molar-refractivity contribution in [1.82, 2.24) is 19.4 Å². The Morgan fingerprint density at radius 2 is 2.12 bits per heavy atom. The van der Waals surface area contributed by atoms with Crippen LogP contribution in [0.2, 0.25) is 5.02 Å². The Morgan fingerprint density at radius 1 is 1.27 bits per heavy atom. The number of hydrogen-bond donors (Lipinski definition) is 1. The molecule has 8 nitrogen and oxygen atoms in total. The SMILES string of the molecule is O=C(O)c1cc2c(nc(CN3CC=C(c4ccc(I)c(OCc5ccc(Cl)cc5F)n4)CC3)n2CC2CCO2)s1. The van der Waals surface area contributed by atoms with Crippen molar-refractivity contribution >= 4 is 67.4 Å². The smallest absolute Gasteiger partial charge is 0.346 e. The average Bonchev–Trinajstić information content (AvgIpc) is 3.45. The minimum atomic E-state index is -0.931. The molecular weight excluding hydrogens is 670 g/mol. The number of carboxylic acids is 1. The molecule has 4 aromatic rings. The summed E-state index contributed by atoms with van der Waals surface area (Å²) in [7, 11) is 0. The first kappa shape index (κ1) is 27.6. The van der Waals surface area contributed by atoms with Crippen molar-refractivity contribution in [3.05, 3.63) is 78.8 Å². The third-order valence-corrected chi connectivity index (χ3v) is 9.16. The van der Waals surface area contributed by atoms with Gasteiger partial charge in [-0.3, -0.25) is 4.90 Å². The fourth-order valence-corrected chi connectivity index (χ4v) is 6.31. The van der Waals surface area contributed by atoms with E-state index in [0.29, 0.717) is 34.4 Å². The Hall–Kier alpha value is -2.58. The summed E-state index contributed by atoms with van der Waals surface area (Å²) >= 11 is 9.23. The van der Waals surface area contributed by atoms with Gasteiger partial charge in [0.25, 0.3) is 0 Å². The number of aromatic carboxylic acids is 1. The summed E-state index contributed by atoms with van der Waals surface area (Å²) in [6.07, 6.45) is 4.11. The third-order valence-electron chi connectivity index (χ3n) is 7.10. The molecule has 6 rings (SSSR count). The zero-order valence-electron chi connectivity index (χ0n) is 21.3. The molecule has 12 heteroatoms. The lowest BCUT2D eigenvalue weighted by molar-refractivity contribution is -0.0591. The first-order chi connectivity index (χ1) is 19.3. The molecule has 2 aliphatic heterocycles. The largest absolute Gasteiger partial charge is 0.477 e. The molecule has 0 aliphatic carbocycles. The number of halogens is 3. The highest BCUT2D eigenvalue weighted by Crippen LogP contribution is 2.31. The maximum absolute atomic E-state index is 14.2. The predicted molar refractivity (Wildman–Crippen MR) is 159 cm³/mol. The Bertz CT molecular complexity index is 1620. The van der Waals surface area contributed by atoms with Crippen LogP contribution in [0.4, 0.5) is 4.39 Å². The molecule has 1 atom stereocenters. The van der Waals surface area contributed by atoms with E-state index < -0.39 is 11.8 Å². The average molecular weight is 695 g/mol. The second-order valence-corrected chi connectivity index (χ2v) is 12.4. The number of fused-ring (bicyclic) bond motifs is 1. The van der Waals surface area contributed by atoms with Gasteiger partial charge < -0.3 is 19.1 Å². The zero-order chi connectivity index (χ0) is 27.8. The summed E-state index contributed by atoms with van der Waals surface area (Å²) in [5, 5.41) is 9.76. The Balaban J connectivity index is 1.15. The quantitative estimate of drug-likeness (QED) is 0.208. The second-order valence-electron chi connectivity index (χ2n) is 9.75. The van der Waals surface area contributed by atoms with E-state index in [1.807, 2.05) is 12.1 Å². The molecule has 1 N–H and O–H groups in total. The number of ether oxygens (including phenoxy) is 2. The van der Waals surface area contributed by atoms with Crippen molar-refractivity contribution in [3.63, 3.8) is 0 Å². The Labute approximate surface area is 252 Å². The van der Waals surface area contributed by atoms with Crippen LogP contribution in [0.5, 0.6) is 5.88 Å². The van der Waals surface area contributed by atoms with Crippen LogP contribution >= 0.6 is 45.5 Å². The molecule has 1 aromatic carbocycles. The number of rotatable bonds is 9. The number of hydrogen-bond acceptors (Lipinski definition) is 7. The van der Waals surface area contributed by atoms with Crippen LogP contribution in [0.15, 0.2) is 42.5 Å². The highest BCUT2D eigenvalue weighted by Gasteiger charge is 2.25. The van der Waals surface area contributed by atoms with Crippen LogP contribution in [-0.2, 0) is 24.4 Å². The molecule has 1 saturated heterocycles. The van der Waals surface area contributed by atoms with Gasteiger partial charge in [0.05, 0.1) is 34.0 Å². The molecule has 40 heavy (non-hydrogen) atoms. The predicted octanol–water partition coefficient (Wildman–Crippen LogP) is 6.25. The maximum atomic E-state index is 14.2. The number of carbonyl (C=O) groups is 1. The molecule has 0 bridgehead atoms. The minimum absolute atomic E-state index is 0.0617. The van der Waals surface area contributed by atoms with E-state index in [0.717, 1.165) is 63.5 Å². The van der Waals surface area contributed by atoms with Gasteiger partial charge in [-0.1, -0.05) is 23.7 Å². The highest BCUT2D eigenvalue weighted by atomic mass is 127. The van der Waals surface area contributed by atoms with Crippen LogP contribution in [-0.4, -0.2) is 56.3 Å². The van der Waals surface area contributed by atoms with Gasteiger partial charge in [0, 0.05) is 30.3 Å². The number of nitrogens with zero attached hydrogens (tertiary/aromatic N) is 4. The molecule has 2 aliphatic rings. The van der Waals surface area contributed by atoms with Gasteiger partial charge in [-0.15, -0.1) is 11.3 Å². The van der Waals surface area contributed by atoms with Crippen molar-refractivity contribution in [2.75, 3.05) is 19.7 Å². The van der Waals surface area contributed by atoms with Crippen molar-refractivity contribution in [2.45, 2.75) is 38.6 Å².